The molecule has 4 nitrogen and oxygen atoms in total. The Balaban J connectivity index is 1.83. The van der Waals surface area contributed by atoms with Crippen LogP contribution in [0.2, 0.25) is 0 Å². The normalized spacial score (nSPS) is 20.0. The minimum absolute atomic E-state index is 0.0942. The summed E-state index contributed by atoms with van der Waals surface area (Å²) in [5, 5.41) is 0. The maximum atomic E-state index is 13.2. The molecule has 3 rings (SSSR count). The van der Waals surface area contributed by atoms with E-state index in [2.05, 4.69) is 0 Å². The lowest BCUT2D eigenvalue weighted by Crippen LogP contribution is -2.47. The molecule has 0 aromatic heterocycles. The fourth-order valence-corrected chi connectivity index (χ4v) is 3.32. The minimum Gasteiger partial charge on any atom is -0.340 e. The molecule has 0 radical (unpaired) electrons. The molecule has 2 atom stereocenters. The highest BCUT2D eigenvalue weighted by Crippen LogP contribution is 2.32. The van der Waals surface area contributed by atoms with Crippen molar-refractivity contribution in [3.63, 3.8) is 0 Å². The Labute approximate surface area is 146 Å². The van der Waals surface area contributed by atoms with E-state index in [0.717, 1.165) is 5.56 Å². The standard InChI is InChI=1S/C20H21FN2O2/c1-14-12-18(24)23(17-10-8-16(21)9-11-17)19(14)20(25)22(2)13-15-6-4-3-5-7-15/h3-11,14,19H,12-13H2,1-2H3. The first kappa shape index (κ1) is 17.1. The van der Waals surface area contributed by atoms with E-state index in [1.807, 2.05) is 37.3 Å². The molecule has 2 amide bonds. The summed E-state index contributed by atoms with van der Waals surface area (Å²) in [4.78, 5) is 28.6. The lowest BCUT2D eigenvalue weighted by atomic mass is 10.0. The minimum atomic E-state index is -0.563. The molecule has 5 heteroatoms. The van der Waals surface area contributed by atoms with Crippen LogP contribution in [0.3, 0.4) is 0 Å². The molecule has 0 bridgehead atoms. The van der Waals surface area contributed by atoms with E-state index in [1.165, 1.54) is 17.0 Å². The number of benzene rings is 2. The molecule has 2 aromatic carbocycles. The SMILES string of the molecule is CC1CC(=O)N(c2ccc(F)cc2)C1C(=O)N(C)Cc1ccccc1. The maximum Gasteiger partial charge on any atom is 0.246 e. The van der Waals surface area contributed by atoms with Crippen molar-refractivity contribution >= 4 is 17.5 Å². The van der Waals surface area contributed by atoms with Crippen LogP contribution >= 0.6 is 0 Å². The topological polar surface area (TPSA) is 40.6 Å². The van der Waals surface area contributed by atoms with Crippen LogP contribution in [0.25, 0.3) is 0 Å². The van der Waals surface area contributed by atoms with Gasteiger partial charge in [-0.05, 0) is 35.7 Å². The molecule has 1 aliphatic heterocycles. The van der Waals surface area contributed by atoms with Gasteiger partial charge >= 0.3 is 0 Å². The van der Waals surface area contributed by atoms with Gasteiger partial charge in [0.25, 0.3) is 0 Å². The first-order chi connectivity index (χ1) is 12.0. The number of likely N-dealkylation sites (N-methyl/N-ethyl adjacent to an activating group) is 1. The molecule has 0 aliphatic carbocycles. The fourth-order valence-electron chi connectivity index (χ4n) is 3.32. The van der Waals surface area contributed by atoms with E-state index >= 15 is 0 Å². The molecule has 1 aliphatic rings. The summed E-state index contributed by atoms with van der Waals surface area (Å²) in [6, 6.07) is 14.9. The number of hydrogen-bond acceptors (Lipinski definition) is 2. The third kappa shape index (κ3) is 3.55. The van der Waals surface area contributed by atoms with Gasteiger partial charge in [0, 0.05) is 25.7 Å². The first-order valence-electron chi connectivity index (χ1n) is 8.34. The molecule has 0 saturated carbocycles. The first-order valence-corrected chi connectivity index (χ1v) is 8.34. The van der Waals surface area contributed by atoms with Crippen molar-refractivity contribution in [1.29, 1.82) is 0 Å². The largest absolute Gasteiger partial charge is 0.340 e. The van der Waals surface area contributed by atoms with Gasteiger partial charge in [-0.2, -0.15) is 0 Å². The summed E-state index contributed by atoms with van der Waals surface area (Å²) in [7, 11) is 1.74. The van der Waals surface area contributed by atoms with E-state index in [1.54, 1.807) is 24.1 Å². The van der Waals surface area contributed by atoms with Crippen molar-refractivity contribution in [3.05, 3.63) is 66.0 Å². The summed E-state index contributed by atoms with van der Waals surface area (Å²) in [6.07, 6.45) is 0.312. The van der Waals surface area contributed by atoms with Crippen LogP contribution in [0.15, 0.2) is 54.6 Å². The number of rotatable bonds is 4. The quantitative estimate of drug-likeness (QED) is 0.857. The molecule has 2 unspecified atom stereocenters. The lowest BCUT2D eigenvalue weighted by molar-refractivity contribution is -0.133. The lowest BCUT2D eigenvalue weighted by Gasteiger charge is -2.30. The molecule has 1 saturated heterocycles. The van der Waals surface area contributed by atoms with Gasteiger partial charge in [-0.3, -0.25) is 14.5 Å². The molecule has 2 aromatic rings. The van der Waals surface area contributed by atoms with Gasteiger partial charge in [0.2, 0.25) is 11.8 Å². The zero-order valence-electron chi connectivity index (χ0n) is 14.4. The summed E-state index contributed by atoms with van der Waals surface area (Å²) < 4.78 is 13.2. The molecular formula is C20H21FN2O2. The van der Waals surface area contributed by atoms with Crippen LogP contribution in [-0.4, -0.2) is 29.8 Å². The molecule has 1 heterocycles. The Kier molecular flexibility index (Phi) is 4.83. The predicted octanol–water partition coefficient (Wildman–Crippen LogP) is 3.23. The number of nitrogens with zero attached hydrogens (tertiary/aromatic N) is 2. The second kappa shape index (κ2) is 7.05. The second-order valence-corrected chi connectivity index (χ2v) is 6.55. The number of amides is 2. The van der Waals surface area contributed by atoms with E-state index < -0.39 is 6.04 Å². The van der Waals surface area contributed by atoms with Crippen LogP contribution in [0.4, 0.5) is 10.1 Å². The van der Waals surface area contributed by atoms with Gasteiger partial charge in [0.05, 0.1) is 0 Å². The van der Waals surface area contributed by atoms with Crippen molar-refractivity contribution in [2.45, 2.75) is 25.9 Å². The van der Waals surface area contributed by atoms with Gasteiger partial charge in [-0.15, -0.1) is 0 Å². The smallest absolute Gasteiger partial charge is 0.246 e. The van der Waals surface area contributed by atoms with E-state index in [4.69, 9.17) is 0 Å². The fraction of sp³-hybridized carbons (Fsp3) is 0.300. The molecule has 1 fully saturated rings. The van der Waals surface area contributed by atoms with Gasteiger partial charge in [-0.25, -0.2) is 4.39 Å². The third-order valence-corrected chi connectivity index (χ3v) is 4.58. The highest BCUT2D eigenvalue weighted by Gasteiger charge is 2.43. The highest BCUT2D eigenvalue weighted by molar-refractivity contribution is 6.04. The van der Waals surface area contributed by atoms with Crippen molar-refractivity contribution < 1.29 is 14.0 Å². The van der Waals surface area contributed by atoms with E-state index in [0.29, 0.717) is 18.7 Å². The van der Waals surface area contributed by atoms with Crippen molar-refractivity contribution in [2.75, 3.05) is 11.9 Å². The predicted molar refractivity (Wildman–Crippen MR) is 94.4 cm³/mol. The number of carbonyl (C=O) groups is 2. The van der Waals surface area contributed by atoms with Gasteiger partial charge in [-0.1, -0.05) is 37.3 Å². The Morgan fingerprint density at radius 3 is 2.44 bits per heavy atom. The number of carbonyl (C=O) groups excluding carboxylic acids is 2. The monoisotopic (exact) mass is 340 g/mol. The summed E-state index contributed by atoms with van der Waals surface area (Å²) >= 11 is 0. The van der Waals surface area contributed by atoms with Crippen molar-refractivity contribution in [3.8, 4) is 0 Å². The van der Waals surface area contributed by atoms with Gasteiger partial charge in [0.1, 0.15) is 11.9 Å². The van der Waals surface area contributed by atoms with Crippen LogP contribution in [-0.2, 0) is 16.1 Å². The van der Waals surface area contributed by atoms with Crippen LogP contribution in [0.1, 0.15) is 18.9 Å². The third-order valence-electron chi connectivity index (χ3n) is 4.58. The highest BCUT2D eigenvalue weighted by atomic mass is 19.1. The Bertz CT molecular complexity index is 761. The molecular weight excluding hydrogens is 319 g/mol. The van der Waals surface area contributed by atoms with E-state index in [9.17, 15) is 14.0 Å². The maximum absolute atomic E-state index is 13.2. The Morgan fingerprint density at radius 1 is 1.16 bits per heavy atom. The zero-order chi connectivity index (χ0) is 18.0. The Morgan fingerprint density at radius 2 is 1.80 bits per heavy atom. The average molecular weight is 340 g/mol. The van der Waals surface area contributed by atoms with Gasteiger partial charge < -0.3 is 4.90 Å². The number of hydrogen-bond donors (Lipinski definition) is 0. The zero-order valence-corrected chi connectivity index (χ0v) is 14.4. The van der Waals surface area contributed by atoms with Crippen LogP contribution in [0.5, 0.6) is 0 Å². The van der Waals surface area contributed by atoms with Crippen LogP contribution < -0.4 is 4.90 Å². The molecule has 0 spiro atoms. The summed E-state index contributed by atoms with van der Waals surface area (Å²) in [5.74, 6) is -0.673. The van der Waals surface area contributed by atoms with Crippen molar-refractivity contribution in [1.82, 2.24) is 4.90 Å². The molecule has 0 N–H and O–H groups in total. The number of halogens is 1. The van der Waals surface area contributed by atoms with E-state index in [-0.39, 0.29) is 23.5 Å². The average Bonchev–Trinajstić information content (AvgIpc) is 2.90. The summed E-state index contributed by atoms with van der Waals surface area (Å²) in [6.45, 7) is 2.38. The molecule has 25 heavy (non-hydrogen) atoms. The van der Waals surface area contributed by atoms with Crippen LogP contribution in [0, 0.1) is 11.7 Å². The molecule has 130 valence electrons. The summed E-state index contributed by atoms with van der Waals surface area (Å²) in [5.41, 5.74) is 1.59. The Hall–Kier alpha value is -2.69. The van der Waals surface area contributed by atoms with Gasteiger partial charge in [0.15, 0.2) is 0 Å². The second-order valence-electron chi connectivity index (χ2n) is 6.55. The number of anilines is 1. The van der Waals surface area contributed by atoms with Crippen molar-refractivity contribution in [2.24, 2.45) is 5.92 Å².